The number of hydrogen-bond acceptors (Lipinski definition) is 7. The molecule has 0 radical (unpaired) electrons. The summed E-state index contributed by atoms with van der Waals surface area (Å²) in [7, 11) is 1.58. The molecule has 0 spiro atoms. The highest BCUT2D eigenvalue weighted by atomic mass is 19.3. The maximum absolute atomic E-state index is 13.4. The van der Waals surface area contributed by atoms with Crippen LogP contribution in [0.2, 0.25) is 0 Å². The highest BCUT2D eigenvalue weighted by molar-refractivity contribution is 5.46. The monoisotopic (exact) mass is 354 g/mol. The zero-order valence-corrected chi connectivity index (χ0v) is 14.2. The van der Waals surface area contributed by atoms with E-state index in [1.807, 2.05) is 6.92 Å². The highest BCUT2D eigenvalue weighted by Gasteiger charge is 2.44. The minimum absolute atomic E-state index is 0.172. The van der Waals surface area contributed by atoms with Crippen LogP contribution in [0.25, 0.3) is 11.5 Å². The summed E-state index contributed by atoms with van der Waals surface area (Å²) < 4.78 is 42.3. The van der Waals surface area contributed by atoms with Gasteiger partial charge < -0.3 is 14.0 Å². The number of alkyl halides is 2. The van der Waals surface area contributed by atoms with Gasteiger partial charge in [0.15, 0.2) is 0 Å². The van der Waals surface area contributed by atoms with E-state index >= 15 is 0 Å². The summed E-state index contributed by atoms with van der Waals surface area (Å²) in [4.78, 5) is 12.7. The van der Waals surface area contributed by atoms with E-state index in [2.05, 4.69) is 20.1 Å². The van der Waals surface area contributed by atoms with Crippen molar-refractivity contribution in [2.75, 3.05) is 20.3 Å². The molecule has 1 aliphatic rings. The molecule has 1 saturated carbocycles. The van der Waals surface area contributed by atoms with Gasteiger partial charge in [-0.25, -0.2) is 18.7 Å². The predicted octanol–water partition coefficient (Wildman–Crippen LogP) is 3.02. The maximum Gasteiger partial charge on any atom is 0.248 e. The minimum atomic E-state index is -2.60. The van der Waals surface area contributed by atoms with Gasteiger partial charge in [0.1, 0.15) is 12.3 Å². The normalized spacial score (nSPS) is 18.9. The Morgan fingerprint density at radius 3 is 2.52 bits per heavy atom. The molecule has 2 aromatic heterocycles. The molecule has 0 aromatic carbocycles. The molecule has 25 heavy (non-hydrogen) atoms. The van der Waals surface area contributed by atoms with Crippen LogP contribution in [-0.2, 0) is 10.2 Å². The lowest BCUT2D eigenvalue weighted by molar-refractivity contribution is -0.0532. The first-order valence-corrected chi connectivity index (χ1v) is 8.08. The number of rotatable bonds is 6. The van der Waals surface area contributed by atoms with Crippen molar-refractivity contribution < 1.29 is 22.8 Å². The van der Waals surface area contributed by atoms with Crippen molar-refractivity contribution in [2.45, 2.75) is 43.9 Å². The molecule has 0 atom stereocenters. The average molecular weight is 354 g/mol. The molecule has 9 heteroatoms. The molecule has 0 aliphatic heterocycles. The molecule has 0 bridgehead atoms. The van der Waals surface area contributed by atoms with Crippen LogP contribution in [0.5, 0.6) is 5.88 Å². The third-order valence-corrected chi connectivity index (χ3v) is 4.42. The summed E-state index contributed by atoms with van der Waals surface area (Å²) in [6, 6.07) is 0. The third kappa shape index (κ3) is 4.09. The molecule has 2 aromatic rings. The Bertz CT molecular complexity index is 696. The number of aromatic nitrogens is 4. The van der Waals surface area contributed by atoms with Crippen molar-refractivity contribution in [2.24, 2.45) is 0 Å². The van der Waals surface area contributed by atoms with E-state index in [1.54, 1.807) is 7.11 Å². The highest BCUT2D eigenvalue weighted by Crippen LogP contribution is 2.44. The molecule has 7 nitrogen and oxygen atoms in total. The standard InChI is InChI=1S/C16H20F2N4O3/c1-15(3-5-16(17,18)6-4-15)14-21-13(22-25-14)11-9-20-12(10-19-11)24-8-7-23-2/h9-10H,3-8H2,1-2H3. The van der Waals surface area contributed by atoms with Crippen molar-refractivity contribution in [1.29, 1.82) is 0 Å². The Morgan fingerprint density at radius 1 is 1.12 bits per heavy atom. The van der Waals surface area contributed by atoms with Crippen molar-refractivity contribution in [3.05, 3.63) is 18.3 Å². The van der Waals surface area contributed by atoms with E-state index < -0.39 is 11.3 Å². The fourth-order valence-electron chi connectivity index (χ4n) is 2.69. The summed E-state index contributed by atoms with van der Waals surface area (Å²) in [5, 5.41) is 3.91. The van der Waals surface area contributed by atoms with Crippen LogP contribution in [0.1, 0.15) is 38.5 Å². The first kappa shape index (κ1) is 17.7. The van der Waals surface area contributed by atoms with Crippen LogP contribution >= 0.6 is 0 Å². The van der Waals surface area contributed by atoms with Crippen LogP contribution < -0.4 is 4.74 Å². The van der Waals surface area contributed by atoms with Crippen molar-refractivity contribution in [1.82, 2.24) is 20.1 Å². The molecular weight excluding hydrogens is 334 g/mol. The lowest BCUT2D eigenvalue weighted by Gasteiger charge is -2.34. The minimum Gasteiger partial charge on any atom is -0.474 e. The van der Waals surface area contributed by atoms with Gasteiger partial charge in [-0.05, 0) is 12.8 Å². The van der Waals surface area contributed by atoms with Gasteiger partial charge in [-0.2, -0.15) is 4.98 Å². The van der Waals surface area contributed by atoms with E-state index in [9.17, 15) is 8.78 Å². The van der Waals surface area contributed by atoms with Crippen molar-refractivity contribution in [3.63, 3.8) is 0 Å². The van der Waals surface area contributed by atoms with Gasteiger partial charge in [-0.1, -0.05) is 12.1 Å². The zero-order chi connectivity index (χ0) is 17.9. The molecule has 136 valence electrons. The third-order valence-electron chi connectivity index (χ3n) is 4.42. The molecule has 3 rings (SSSR count). The Labute approximate surface area is 143 Å². The van der Waals surface area contributed by atoms with Gasteiger partial charge >= 0.3 is 0 Å². The smallest absolute Gasteiger partial charge is 0.248 e. The van der Waals surface area contributed by atoms with Crippen molar-refractivity contribution in [3.8, 4) is 17.4 Å². The van der Waals surface area contributed by atoms with Gasteiger partial charge in [0.05, 0.1) is 19.0 Å². The average Bonchev–Trinajstić information content (AvgIpc) is 3.10. The van der Waals surface area contributed by atoms with E-state index in [1.165, 1.54) is 12.4 Å². The van der Waals surface area contributed by atoms with E-state index in [-0.39, 0.29) is 18.7 Å². The second-order valence-corrected chi connectivity index (χ2v) is 6.42. The number of halogens is 2. The molecule has 0 saturated heterocycles. The van der Waals surface area contributed by atoms with E-state index in [0.29, 0.717) is 43.5 Å². The van der Waals surface area contributed by atoms with Gasteiger partial charge in [-0.15, -0.1) is 0 Å². The van der Waals surface area contributed by atoms with Crippen LogP contribution in [0.3, 0.4) is 0 Å². The van der Waals surface area contributed by atoms with Gasteiger partial charge in [0.25, 0.3) is 0 Å². The predicted molar refractivity (Wildman–Crippen MR) is 83.5 cm³/mol. The quantitative estimate of drug-likeness (QED) is 0.737. The second kappa shape index (κ2) is 6.99. The van der Waals surface area contributed by atoms with Crippen LogP contribution in [0.4, 0.5) is 8.78 Å². The van der Waals surface area contributed by atoms with Crippen LogP contribution in [0.15, 0.2) is 16.9 Å². The van der Waals surface area contributed by atoms with E-state index in [0.717, 1.165) is 0 Å². The van der Waals surface area contributed by atoms with Gasteiger partial charge in [0, 0.05) is 25.4 Å². The topological polar surface area (TPSA) is 83.2 Å². The summed E-state index contributed by atoms with van der Waals surface area (Å²) >= 11 is 0. The summed E-state index contributed by atoms with van der Waals surface area (Å²) in [5.41, 5.74) is -0.109. The number of methoxy groups -OCH3 is 1. The second-order valence-electron chi connectivity index (χ2n) is 6.42. The first-order chi connectivity index (χ1) is 11.9. The summed E-state index contributed by atoms with van der Waals surface area (Å²) in [6.07, 6.45) is 3.21. The van der Waals surface area contributed by atoms with Crippen LogP contribution in [0, 0.1) is 0 Å². The lowest BCUT2D eigenvalue weighted by atomic mass is 9.74. The van der Waals surface area contributed by atoms with E-state index in [4.69, 9.17) is 14.0 Å². The zero-order valence-electron chi connectivity index (χ0n) is 14.2. The first-order valence-electron chi connectivity index (χ1n) is 8.08. The van der Waals surface area contributed by atoms with Crippen molar-refractivity contribution >= 4 is 0 Å². The molecule has 0 unspecified atom stereocenters. The Balaban J connectivity index is 1.69. The summed E-state index contributed by atoms with van der Waals surface area (Å²) in [5.74, 6) is -1.59. The Hall–Kier alpha value is -2.16. The Morgan fingerprint density at radius 2 is 1.88 bits per heavy atom. The summed E-state index contributed by atoms with van der Waals surface area (Å²) in [6.45, 7) is 2.70. The number of ether oxygens (including phenoxy) is 2. The maximum atomic E-state index is 13.4. The molecule has 2 heterocycles. The van der Waals surface area contributed by atoms with Gasteiger partial charge in [-0.3, -0.25) is 0 Å². The molecule has 0 amide bonds. The molecular formula is C16H20F2N4O3. The van der Waals surface area contributed by atoms with Crippen LogP contribution in [-0.4, -0.2) is 46.4 Å². The molecule has 0 N–H and O–H groups in total. The molecule has 1 aliphatic carbocycles. The number of nitrogens with zero attached hydrogens (tertiary/aromatic N) is 4. The molecule has 1 fully saturated rings. The SMILES string of the molecule is COCCOc1cnc(-c2noc(C3(C)CCC(F)(F)CC3)n2)cn1. The largest absolute Gasteiger partial charge is 0.474 e. The fraction of sp³-hybridized carbons (Fsp3) is 0.625. The van der Waals surface area contributed by atoms with Gasteiger partial charge in [0.2, 0.25) is 23.5 Å². The Kier molecular flexibility index (Phi) is 4.94. The lowest BCUT2D eigenvalue weighted by Crippen LogP contribution is -2.34. The fourth-order valence-corrected chi connectivity index (χ4v) is 2.69. The number of hydrogen-bond donors (Lipinski definition) is 0.